The molecule has 1 aliphatic carbocycles. The highest BCUT2D eigenvalue weighted by Crippen LogP contribution is 2.33. The van der Waals surface area contributed by atoms with Crippen LogP contribution in [0.5, 0.6) is 5.88 Å². The number of hydrogen-bond acceptors (Lipinski definition) is 5. The van der Waals surface area contributed by atoms with Crippen molar-refractivity contribution in [1.29, 1.82) is 0 Å². The zero-order valence-electron chi connectivity index (χ0n) is 15.7. The fraction of sp³-hybridized carbons (Fsp3) is 0.333. The topological polar surface area (TPSA) is 73.1 Å². The first kappa shape index (κ1) is 16.9. The molecule has 1 aromatic carbocycles. The third kappa shape index (κ3) is 3.24. The molecule has 0 radical (unpaired) electrons. The molecule has 2 aliphatic rings. The Morgan fingerprint density at radius 1 is 1.18 bits per heavy atom. The number of ether oxygens (including phenoxy) is 1. The maximum atomic E-state index is 13.0. The van der Waals surface area contributed by atoms with Crippen LogP contribution in [0, 0.1) is 5.92 Å². The predicted octanol–water partition coefficient (Wildman–Crippen LogP) is 2.82. The lowest BCUT2D eigenvalue weighted by molar-refractivity contribution is 0.0762. The van der Waals surface area contributed by atoms with Gasteiger partial charge in [-0.3, -0.25) is 9.48 Å². The molecule has 3 heterocycles. The summed E-state index contributed by atoms with van der Waals surface area (Å²) >= 11 is 0. The van der Waals surface area contributed by atoms with Crippen LogP contribution in [0.3, 0.4) is 0 Å². The molecule has 0 saturated heterocycles. The first-order chi connectivity index (χ1) is 13.7. The smallest absolute Gasteiger partial charge is 0.260 e. The van der Waals surface area contributed by atoms with E-state index in [1.165, 1.54) is 12.8 Å². The SMILES string of the molecule is Cn1cc(-c2ccc(CN3Cc4ccnc(OCC5CC5)c4C3=O)cc2)nn1. The molecule has 0 N–H and O–H groups in total. The van der Waals surface area contributed by atoms with E-state index in [0.717, 1.165) is 22.4 Å². The zero-order valence-corrected chi connectivity index (χ0v) is 15.7. The van der Waals surface area contributed by atoms with Gasteiger partial charge in [-0.2, -0.15) is 0 Å². The van der Waals surface area contributed by atoms with Gasteiger partial charge in [0.1, 0.15) is 11.3 Å². The second-order valence-electron chi connectivity index (χ2n) is 7.54. The van der Waals surface area contributed by atoms with E-state index in [1.807, 2.05) is 48.5 Å². The minimum absolute atomic E-state index is 0.00750. The third-order valence-electron chi connectivity index (χ3n) is 5.24. The van der Waals surface area contributed by atoms with Crippen LogP contribution in [0.15, 0.2) is 42.7 Å². The van der Waals surface area contributed by atoms with Gasteiger partial charge < -0.3 is 9.64 Å². The second-order valence-corrected chi connectivity index (χ2v) is 7.54. The molecule has 0 spiro atoms. The Morgan fingerprint density at radius 3 is 2.71 bits per heavy atom. The second kappa shape index (κ2) is 6.74. The average Bonchev–Trinajstić information content (AvgIpc) is 3.36. The summed E-state index contributed by atoms with van der Waals surface area (Å²) < 4.78 is 7.52. The number of rotatable bonds is 6. The Bertz CT molecular complexity index is 1020. The number of fused-ring (bicyclic) bond motifs is 1. The van der Waals surface area contributed by atoms with Crippen LogP contribution < -0.4 is 4.74 Å². The third-order valence-corrected chi connectivity index (χ3v) is 5.24. The van der Waals surface area contributed by atoms with Crippen LogP contribution in [0.4, 0.5) is 0 Å². The molecule has 0 atom stereocenters. The minimum Gasteiger partial charge on any atom is -0.477 e. The van der Waals surface area contributed by atoms with E-state index >= 15 is 0 Å². The van der Waals surface area contributed by atoms with Gasteiger partial charge in [0, 0.05) is 31.9 Å². The van der Waals surface area contributed by atoms with Crippen molar-refractivity contribution in [3.63, 3.8) is 0 Å². The van der Waals surface area contributed by atoms with Crippen molar-refractivity contribution < 1.29 is 9.53 Å². The Balaban J connectivity index is 1.30. The molecule has 2 aromatic heterocycles. The highest BCUT2D eigenvalue weighted by Gasteiger charge is 2.32. The normalized spacial score (nSPS) is 15.8. The number of aryl methyl sites for hydroxylation is 1. The Morgan fingerprint density at radius 2 is 2.00 bits per heavy atom. The number of carbonyl (C=O) groups is 1. The minimum atomic E-state index is -0.00750. The van der Waals surface area contributed by atoms with Gasteiger partial charge in [0.15, 0.2) is 0 Å². The maximum Gasteiger partial charge on any atom is 0.260 e. The molecule has 142 valence electrons. The van der Waals surface area contributed by atoms with Crippen LogP contribution in [0.2, 0.25) is 0 Å². The van der Waals surface area contributed by atoms with Crippen LogP contribution in [-0.2, 0) is 20.1 Å². The number of carbonyl (C=O) groups excluding carboxylic acids is 1. The molecule has 3 aromatic rings. The summed E-state index contributed by atoms with van der Waals surface area (Å²) in [6.07, 6.45) is 6.03. The standard InChI is InChI=1S/C21H21N5O2/c1-25-12-18(23-24-25)16-6-4-14(5-7-16)10-26-11-17-8-9-22-20(19(17)21(26)27)28-13-15-2-3-15/h4-9,12,15H,2-3,10-11,13H2,1H3. The summed E-state index contributed by atoms with van der Waals surface area (Å²) in [5.41, 5.74) is 4.53. The van der Waals surface area contributed by atoms with E-state index in [0.29, 0.717) is 37.1 Å². The molecule has 1 aliphatic heterocycles. The molecule has 28 heavy (non-hydrogen) atoms. The molecule has 0 unspecified atom stereocenters. The number of nitrogens with zero attached hydrogens (tertiary/aromatic N) is 5. The summed E-state index contributed by atoms with van der Waals surface area (Å²) in [7, 11) is 1.85. The van der Waals surface area contributed by atoms with Crippen molar-refractivity contribution in [3.05, 3.63) is 59.4 Å². The number of benzene rings is 1. The number of amides is 1. The predicted molar refractivity (Wildman–Crippen MR) is 102 cm³/mol. The molecular weight excluding hydrogens is 354 g/mol. The van der Waals surface area contributed by atoms with Gasteiger partial charge in [-0.1, -0.05) is 29.5 Å². The first-order valence-electron chi connectivity index (χ1n) is 9.53. The van der Waals surface area contributed by atoms with Crippen molar-refractivity contribution in [3.8, 4) is 17.1 Å². The Hall–Kier alpha value is -3.22. The molecule has 1 saturated carbocycles. The quantitative estimate of drug-likeness (QED) is 0.662. The molecule has 1 amide bonds. The number of hydrogen-bond donors (Lipinski definition) is 0. The lowest BCUT2D eigenvalue weighted by atomic mass is 10.1. The number of aromatic nitrogens is 4. The summed E-state index contributed by atoms with van der Waals surface area (Å²) in [4.78, 5) is 19.1. The van der Waals surface area contributed by atoms with E-state index in [9.17, 15) is 4.79 Å². The van der Waals surface area contributed by atoms with Crippen molar-refractivity contribution in [2.24, 2.45) is 13.0 Å². The largest absolute Gasteiger partial charge is 0.477 e. The molecule has 7 nitrogen and oxygen atoms in total. The van der Waals surface area contributed by atoms with Gasteiger partial charge in [-0.05, 0) is 36.0 Å². The van der Waals surface area contributed by atoms with E-state index in [-0.39, 0.29) is 5.91 Å². The summed E-state index contributed by atoms with van der Waals surface area (Å²) in [5.74, 6) is 1.10. The van der Waals surface area contributed by atoms with Gasteiger partial charge in [0.05, 0.1) is 12.8 Å². The summed E-state index contributed by atoms with van der Waals surface area (Å²) in [6.45, 7) is 1.79. The van der Waals surface area contributed by atoms with Crippen molar-refractivity contribution in [2.75, 3.05) is 6.61 Å². The first-order valence-corrected chi connectivity index (χ1v) is 9.53. The van der Waals surface area contributed by atoms with Crippen molar-refractivity contribution in [1.82, 2.24) is 24.9 Å². The molecular formula is C21H21N5O2. The average molecular weight is 375 g/mol. The fourth-order valence-electron chi connectivity index (χ4n) is 3.48. The molecule has 5 rings (SSSR count). The molecule has 1 fully saturated rings. The van der Waals surface area contributed by atoms with Crippen molar-refractivity contribution >= 4 is 5.91 Å². The van der Waals surface area contributed by atoms with Gasteiger partial charge in [0.2, 0.25) is 5.88 Å². The molecule has 7 heteroatoms. The maximum absolute atomic E-state index is 13.0. The number of pyridine rings is 1. The molecule has 0 bridgehead atoms. The van der Waals surface area contributed by atoms with Gasteiger partial charge in [-0.25, -0.2) is 4.98 Å². The van der Waals surface area contributed by atoms with Crippen molar-refractivity contribution in [2.45, 2.75) is 25.9 Å². The van der Waals surface area contributed by atoms with E-state index < -0.39 is 0 Å². The lowest BCUT2D eigenvalue weighted by Crippen LogP contribution is -2.23. The van der Waals surface area contributed by atoms with Crippen LogP contribution in [-0.4, -0.2) is 37.4 Å². The van der Waals surface area contributed by atoms with E-state index in [1.54, 1.807) is 10.9 Å². The van der Waals surface area contributed by atoms with Gasteiger partial charge in [-0.15, -0.1) is 5.10 Å². The van der Waals surface area contributed by atoms with E-state index in [2.05, 4.69) is 15.3 Å². The zero-order chi connectivity index (χ0) is 19.1. The Labute approximate surface area is 163 Å². The summed E-state index contributed by atoms with van der Waals surface area (Å²) in [5, 5.41) is 8.10. The van der Waals surface area contributed by atoms with Crippen LogP contribution in [0.25, 0.3) is 11.3 Å². The van der Waals surface area contributed by atoms with Gasteiger partial charge in [0.25, 0.3) is 5.91 Å². The Kier molecular flexibility index (Phi) is 4.07. The van der Waals surface area contributed by atoms with Crippen LogP contribution >= 0.6 is 0 Å². The summed E-state index contributed by atoms with van der Waals surface area (Å²) in [6, 6.07) is 10.00. The highest BCUT2D eigenvalue weighted by molar-refractivity contribution is 6.00. The monoisotopic (exact) mass is 375 g/mol. The fourth-order valence-corrected chi connectivity index (χ4v) is 3.48. The van der Waals surface area contributed by atoms with Gasteiger partial charge >= 0.3 is 0 Å². The highest BCUT2D eigenvalue weighted by atomic mass is 16.5. The van der Waals surface area contributed by atoms with E-state index in [4.69, 9.17) is 4.74 Å². The van der Waals surface area contributed by atoms with Crippen LogP contribution in [0.1, 0.15) is 34.3 Å². The lowest BCUT2D eigenvalue weighted by Gasteiger charge is -2.16.